The van der Waals surface area contributed by atoms with Crippen LogP contribution in [0.3, 0.4) is 0 Å². The van der Waals surface area contributed by atoms with E-state index in [0.717, 1.165) is 18.4 Å². The van der Waals surface area contributed by atoms with Crippen LogP contribution in [0.4, 0.5) is 10.5 Å². The molecule has 7 heteroatoms. The largest absolute Gasteiger partial charge is 0.497 e. The van der Waals surface area contributed by atoms with Crippen molar-refractivity contribution in [3.05, 3.63) is 54.1 Å². The highest BCUT2D eigenvalue weighted by Gasteiger charge is 2.16. The number of benzene rings is 2. The van der Waals surface area contributed by atoms with Gasteiger partial charge in [-0.05, 0) is 54.8 Å². The number of carbonyl (C=O) groups excluding carboxylic acids is 1. The van der Waals surface area contributed by atoms with Gasteiger partial charge in [-0.25, -0.2) is 9.79 Å². The smallest absolute Gasteiger partial charge is 0.417 e. The summed E-state index contributed by atoms with van der Waals surface area (Å²) >= 11 is 0. The van der Waals surface area contributed by atoms with Crippen LogP contribution in [-0.2, 0) is 11.2 Å². The van der Waals surface area contributed by atoms with Gasteiger partial charge < -0.3 is 19.9 Å². The zero-order valence-electron chi connectivity index (χ0n) is 14.5. The topological polar surface area (TPSA) is 95.2 Å². The van der Waals surface area contributed by atoms with Crippen LogP contribution in [0.15, 0.2) is 53.5 Å². The van der Waals surface area contributed by atoms with E-state index in [2.05, 4.69) is 10.3 Å². The van der Waals surface area contributed by atoms with Crippen molar-refractivity contribution in [3.8, 4) is 11.5 Å². The van der Waals surface area contributed by atoms with E-state index in [4.69, 9.17) is 19.9 Å². The van der Waals surface area contributed by atoms with Crippen LogP contribution >= 0.6 is 0 Å². The Labute approximate surface area is 151 Å². The van der Waals surface area contributed by atoms with Crippen molar-refractivity contribution in [1.29, 1.82) is 0 Å². The van der Waals surface area contributed by atoms with Crippen LogP contribution in [-0.4, -0.2) is 31.9 Å². The first kappa shape index (κ1) is 17.6. The maximum Gasteiger partial charge on any atom is 0.417 e. The molecule has 2 aromatic carbocycles. The molecule has 1 amide bonds. The normalized spacial score (nSPS) is 15.7. The van der Waals surface area contributed by atoms with E-state index in [1.54, 1.807) is 31.4 Å². The maximum atomic E-state index is 11.9. The summed E-state index contributed by atoms with van der Waals surface area (Å²) in [4.78, 5) is 16.1. The predicted molar refractivity (Wildman–Crippen MR) is 98.8 cm³/mol. The van der Waals surface area contributed by atoms with Gasteiger partial charge in [0, 0.05) is 5.69 Å². The van der Waals surface area contributed by atoms with E-state index >= 15 is 0 Å². The van der Waals surface area contributed by atoms with Gasteiger partial charge in [0.05, 0.1) is 13.2 Å². The second-order valence-electron chi connectivity index (χ2n) is 5.86. The molecule has 0 aliphatic carbocycles. The second kappa shape index (κ2) is 8.24. The number of nitrogens with one attached hydrogen (secondary N) is 1. The molecule has 7 nitrogen and oxygen atoms in total. The van der Waals surface area contributed by atoms with Crippen LogP contribution in [0.5, 0.6) is 11.5 Å². The van der Waals surface area contributed by atoms with Crippen molar-refractivity contribution < 1.29 is 19.0 Å². The summed E-state index contributed by atoms with van der Waals surface area (Å²) in [6, 6.07) is 14.8. The average Bonchev–Trinajstić information content (AvgIpc) is 3.07. The van der Waals surface area contributed by atoms with Crippen LogP contribution in [0, 0.1) is 0 Å². The second-order valence-corrected chi connectivity index (χ2v) is 5.86. The minimum Gasteiger partial charge on any atom is -0.497 e. The lowest BCUT2D eigenvalue weighted by Gasteiger charge is -2.09. The fourth-order valence-corrected chi connectivity index (χ4v) is 2.57. The van der Waals surface area contributed by atoms with E-state index < -0.39 is 6.09 Å². The third kappa shape index (κ3) is 4.89. The van der Waals surface area contributed by atoms with Gasteiger partial charge in [-0.2, -0.15) is 0 Å². The molecule has 1 aliphatic heterocycles. The molecule has 3 N–H and O–H groups in total. The van der Waals surface area contributed by atoms with Gasteiger partial charge in [-0.3, -0.25) is 5.32 Å². The molecule has 1 atom stereocenters. The molecular weight excluding hydrogens is 334 g/mol. The summed E-state index contributed by atoms with van der Waals surface area (Å²) in [6.07, 6.45) is 1.18. The Bertz CT molecular complexity index is 772. The molecule has 2 aromatic rings. The number of ether oxygens (including phenoxy) is 3. The van der Waals surface area contributed by atoms with Gasteiger partial charge in [0.1, 0.15) is 18.1 Å². The quantitative estimate of drug-likeness (QED) is 0.831. The average molecular weight is 355 g/mol. The highest BCUT2D eigenvalue weighted by atomic mass is 16.6. The number of aliphatic imine (C=N–C) groups is 1. The number of aryl methyl sites for hydroxylation is 1. The number of hydrogen-bond donors (Lipinski definition) is 2. The van der Waals surface area contributed by atoms with Crippen LogP contribution in [0.25, 0.3) is 0 Å². The van der Waals surface area contributed by atoms with Gasteiger partial charge >= 0.3 is 6.09 Å². The fraction of sp³-hybridized carbons (Fsp3) is 0.263. The Morgan fingerprint density at radius 2 is 1.88 bits per heavy atom. The maximum absolute atomic E-state index is 11.9. The number of amidine groups is 1. The number of carbonyl (C=O) groups is 1. The predicted octanol–water partition coefficient (Wildman–Crippen LogP) is 2.95. The number of nitrogens with zero attached hydrogens (tertiary/aromatic N) is 1. The Kier molecular flexibility index (Phi) is 5.58. The fourth-order valence-electron chi connectivity index (χ4n) is 2.57. The van der Waals surface area contributed by atoms with Crippen LogP contribution in [0.1, 0.15) is 12.0 Å². The Morgan fingerprint density at radius 3 is 2.50 bits per heavy atom. The van der Waals surface area contributed by atoms with Crippen LogP contribution < -0.4 is 20.5 Å². The molecule has 0 bridgehead atoms. The van der Waals surface area contributed by atoms with Crippen molar-refractivity contribution in [1.82, 2.24) is 0 Å². The monoisotopic (exact) mass is 355 g/mol. The zero-order chi connectivity index (χ0) is 18.4. The first-order valence-corrected chi connectivity index (χ1v) is 8.30. The number of anilines is 1. The summed E-state index contributed by atoms with van der Waals surface area (Å²) in [5.41, 5.74) is 7.32. The van der Waals surface area contributed by atoms with Crippen LogP contribution in [0.2, 0.25) is 0 Å². The minimum absolute atomic E-state index is 0.118. The Morgan fingerprint density at radius 1 is 1.19 bits per heavy atom. The van der Waals surface area contributed by atoms with E-state index in [-0.39, 0.29) is 12.1 Å². The number of amides is 1. The molecule has 1 heterocycles. The zero-order valence-corrected chi connectivity index (χ0v) is 14.5. The van der Waals surface area contributed by atoms with Gasteiger partial charge in [0.15, 0.2) is 0 Å². The lowest BCUT2D eigenvalue weighted by molar-refractivity contribution is 0.215. The summed E-state index contributed by atoms with van der Waals surface area (Å²) in [5.74, 6) is 1.14. The molecule has 0 aromatic heterocycles. The van der Waals surface area contributed by atoms with E-state index in [0.29, 0.717) is 23.8 Å². The molecule has 1 unspecified atom stereocenters. The molecule has 1 aliphatic rings. The summed E-state index contributed by atoms with van der Waals surface area (Å²) in [5, 5.41) is 2.70. The van der Waals surface area contributed by atoms with E-state index in [1.807, 2.05) is 24.3 Å². The molecule has 0 radical (unpaired) electrons. The standard InChI is InChI=1S/C19H21N3O4/c1-24-16-8-10-17(11-9-16)26-19(23)22-14-5-2-13(3-6-14)4-7-15-12-25-18(20)21-15/h2-3,5-6,8-11,15H,4,7,12H2,1H3,(H2,20,21)(H,22,23). The molecule has 0 saturated carbocycles. The Balaban J connectivity index is 1.47. The molecule has 0 spiro atoms. The van der Waals surface area contributed by atoms with E-state index in [9.17, 15) is 4.79 Å². The summed E-state index contributed by atoms with van der Waals surface area (Å²) in [6.45, 7) is 0.544. The first-order valence-electron chi connectivity index (χ1n) is 8.30. The van der Waals surface area contributed by atoms with Gasteiger partial charge in [-0.15, -0.1) is 0 Å². The summed E-state index contributed by atoms with van der Waals surface area (Å²) < 4.78 is 15.4. The lowest BCUT2D eigenvalue weighted by Crippen LogP contribution is -2.16. The molecule has 136 valence electrons. The Hall–Kier alpha value is -3.22. The van der Waals surface area contributed by atoms with Crippen molar-refractivity contribution in [2.45, 2.75) is 18.9 Å². The number of hydrogen-bond acceptors (Lipinski definition) is 6. The van der Waals surface area contributed by atoms with Gasteiger partial charge in [-0.1, -0.05) is 12.1 Å². The molecule has 0 fully saturated rings. The van der Waals surface area contributed by atoms with E-state index in [1.165, 1.54) is 0 Å². The lowest BCUT2D eigenvalue weighted by atomic mass is 10.1. The molecule has 26 heavy (non-hydrogen) atoms. The molecule has 0 saturated heterocycles. The molecular formula is C19H21N3O4. The van der Waals surface area contributed by atoms with Crippen molar-refractivity contribution >= 4 is 17.8 Å². The highest BCUT2D eigenvalue weighted by Crippen LogP contribution is 2.18. The highest BCUT2D eigenvalue weighted by molar-refractivity contribution is 5.86. The van der Waals surface area contributed by atoms with Gasteiger partial charge in [0.2, 0.25) is 0 Å². The third-order valence-corrected chi connectivity index (χ3v) is 3.97. The number of rotatable bonds is 6. The van der Waals surface area contributed by atoms with Crippen molar-refractivity contribution in [2.24, 2.45) is 10.7 Å². The third-order valence-electron chi connectivity index (χ3n) is 3.97. The summed E-state index contributed by atoms with van der Waals surface area (Å²) in [7, 11) is 1.58. The number of nitrogens with two attached hydrogens (primary N) is 1. The first-order chi connectivity index (χ1) is 12.6. The number of methoxy groups -OCH3 is 1. The SMILES string of the molecule is COc1ccc(OC(=O)Nc2ccc(CCC3COC(N)=N3)cc2)cc1. The molecule has 3 rings (SSSR count). The minimum atomic E-state index is -0.546. The van der Waals surface area contributed by atoms with Crippen molar-refractivity contribution in [3.63, 3.8) is 0 Å². The van der Waals surface area contributed by atoms with Crippen molar-refractivity contribution in [2.75, 3.05) is 19.0 Å². The van der Waals surface area contributed by atoms with Gasteiger partial charge in [0.25, 0.3) is 6.02 Å².